The average Bonchev–Trinajstić information content (AvgIpc) is 2.25. The van der Waals surface area contributed by atoms with Gasteiger partial charge >= 0.3 is 0 Å². The van der Waals surface area contributed by atoms with E-state index in [1.807, 2.05) is 12.1 Å². The fourth-order valence-corrected chi connectivity index (χ4v) is 1.49. The SMILES string of the molecule is CCCCCCc1ccc(C#N)c(=O)[nH]1. The van der Waals surface area contributed by atoms with Crippen molar-refractivity contribution in [2.75, 3.05) is 0 Å². The normalized spacial score (nSPS) is 9.87. The molecular formula is C12H16N2O. The lowest BCUT2D eigenvalue weighted by Crippen LogP contribution is -2.11. The molecule has 1 rings (SSSR count). The summed E-state index contributed by atoms with van der Waals surface area (Å²) in [6, 6.07) is 5.27. The van der Waals surface area contributed by atoms with Gasteiger partial charge in [0, 0.05) is 5.69 Å². The van der Waals surface area contributed by atoms with Crippen molar-refractivity contribution in [2.45, 2.75) is 39.0 Å². The molecule has 3 heteroatoms. The predicted molar refractivity (Wildman–Crippen MR) is 59.6 cm³/mol. The molecule has 15 heavy (non-hydrogen) atoms. The van der Waals surface area contributed by atoms with Crippen LogP contribution >= 0.6 is 0 Å². The highest BCUT2D eigenvalue weighted by Crippen LogP contribution is 2.04. The molecule has 0 spiro atoms. The van der Waals surface area contributed by atoms with E-state index in [9.17, 15) is 4.79 Å². The van der Waals surface area contributed by atoms with Gasteiger partial charge in [-0.05, 0) is 25.0 Å². The summed E-state index contributed by atoms with van der Waals surface area (Å²) >= 11 is 0. The Morgan fingerprint density at radius 3 is 2.73 bits per heavy atom. The number of nitrogens with zero attached hydrogens (tertiary/aromatic N) is 1. The summed E-state index contributed by atoms with van der Waals surface area (Å²) in [5.41, 5.74) is 0.841. The molecule has 0 aliphatic heterocycles. The Morgan fingerprint density at radius 1 is 1.33 bits per heavy atom. The second-order valence-corrected chi connectivity index (χ2v) is 3.65. The smallest absolute Gasteiger partial charge is 0.266 e. The van der Waals surface area contributed by atoms with Crippen LogP contribution in [0.1, 0.15) is 43.9 Å². The van der Waals surface area contributed by atoms with Crippen LogP contribution in [0.3, 0.4) is 0 Å². The van der Waals surface area contributed by atoms with E-state index in [0.29, 0.717) is 0 Å². The van der Waals surface area contributed by atoms with E-state index in [0.717, 1.165) is 18.5 Å². The molecule has 3 nitrogen and oxygen atoms in total. The summed E-state index contributed by atoms with van der Waals surface area (Å²) in [7, 11) is 0. The van der Waals surface area contributed by atoms with Gasteiger partial charge in [-0.1, -0.05) is 26.2 Å². The van der Waals surface area contributed by atoms with E-state index < -0.39 is 0 Å². The largest absolute Gasteiger partial charge is 0.325 e. The summed E-state index contributed by atoms with van der Waals surface area (Å²) in [4.78, 5) is 14.0. The van der Waals surface area contributed by atoms with Crippen molar-refractivity contribution in [3.8, 4) is 6.07 Å². The molecule has 0 amide bonds. The predicted octanol–water partition coefficient (Wildman–Crippen LogP) is 2.37. The van der Waals surface area contributed by atoms with Crippen LogP contribution in [-0.4, -0.2) is 4.98 Å². The Hall–Kier alpha value is -1.56. The number of rotatable bonds is 5. The summed E-state index contributed by atoms with van der Waals surface area (Å²) in [5.74, 6) is 0. The topological polar surface area (TPSA) is 56.6 Å². The Labute approximate surface area is 89.8 Å². The van der Waals surface area contributed by atoms with E-state index >= 15 is 0 Å². The van der Waals surface area contributed by atoms with Crippen molar-refractivity contribution < 1.29 is 0 Å². The molecule has 0 saturated heterocycles. The molecular weight excluding hydrogens is 188 g/mol. The Morgan fingerprint density at radius 2 is 2.13 bits per heavy atom. The molecule has 0 unspecified atom stereocenters. The molecule has 0 fully saturated rings. The van der Waals surface area contributed by atoms with Gasteiger partial charge in [-0.3, -0.25) is 4.79 Å². The van der Waals surface area contributed by atoms with Gasteiger partial charge in [0.15, 0.2) is 0 Å². The fraction of sp³-hybridized carbons (Fsp3) is 0.500. The third kappa shape index (κ3) is 3.59. The van der Waals surface area contributed by atoms with Crippen LogP contribution in [0.25, 0.3) is 0 Å². The van der Waals surface area contributed by atoms with Gasteiger partial charge in [-0.2, -0.15) is 5.26 Å². The summed E-state index contributed by atoms with van der Waals surface area (Å²) < 4.78 is 0. The van der Waals surface area contributed by atoms with Crippen molar-refractivity contribution in [1.29, 1.82) is 5.26 Å². The zero-order valence-corrected chi connectivity index (χ0v) is 9.05. The number of H-pyrrole nitrogens is 1. The quantitative estimate of drug-likeness (QED) is 0.748. The molecule has 0 saturated carbocycles. The zero-order chi connectivity index (χ0) is 11.1. The third-order valence-electron chi connectivity index (χ3n) is 2.39. The summed E-state index contributed by atoms with van der Waals surface area (Å²) in [6.45, 7) is 2.17. The van der Waals surface area contributed by atoms with Crippen molar-refractivity contribution in [3.05, 3.63) is 33.7 Å². The van der Waals surface area contributed by atoms with E-state index in [1.54, 1.807) is 6.07 Å². The standard InChI is InChI=1S/C12H16N2O/c1-2-3-4-5-6-11-8-7-10(9-13)12(15)14-11/h7-8H,2-6H2,1H3,(H,14,15). The first-order chi connectivity index (χ1) is 7.27. The monoisotopic (exact) mass is 204 g/mol. The maximum atomic E-state index is 11.3. The number of unbranched alkanes of at least 4 members (excludes halogenated alkanes) is 3. The van der Waals surface area contributed by atoms with Gasteiger partial charge in [0.05, 0.1) is 0 Å². The Kier molecular flexibility index (Phi) is 4.62. The van der Waals surface area contributed by atoms with Crippen LogP contribution in [0.5, 0.6) is 0 Å². The van der Waals surface area contributed by atoms with Gasteiger partial charge in [0.1, 0.15) is 11.6 Å². The van der Waals surface area contributed by atoms with Crippen molar-refractivity contribution in [1.82, 2.24) is 4.98 Å². The number of pyridine rings is 1. The first kappa shape index (κ1) is 11.5. The van der Waals surface area contributed by atoms with Crippen molar-refractivity contribution >= 4 is 0 Å². The maximum Gasteiger partial charge on any atom is 0.266 e. The number of nitrogens with one attached hydrogen (secondary N) is 1. The first-order valence-electron chi connectivity index (χ1n) is 5.40. The molecule has 0 aliphatic carbocycles. The second kappa shape index (κ2) is 6.02. The van der Waals surface area contributed by atoms with E-state index in [4.69, 9.17) is 5.26 Å². The molecule has 80 valence electrons. The highest BCUT2D eigenvalue weighted by atomic mass is 16.1. The fourth-order valence-electron chi connectivity index (χ4n) is 1.49. The third-order valence-corrected chi connectivity index (χ3v) is 2.39. The zero-order valence-electron chi connectivity index (χ0n) is 9.05. The lowest BCUT2D eigenvalue weighted by molar-refractivity contribution is 0.660. The van der Waals surface area contributed by atoms with Gasteiger partial charge in [-0.15, -0.1) is 0 Å². The first-order valence-corrected chi connectivity index (χ1v) is 5.40. The van der Waals surface area contributed by atoms with Gasteiger partial charge in [0.25, 0.3) is 5.56 Å². The Bertz CT molecular complexity index is 401. The molecule has 0 aliphatic rings. The minimum Gasteiger partial charge on any atom is -0.325 e. The van der Waals surface area contributed by atoms with E-state index in [2.05, 4.69) is 11.9 Å². The average molecular weight is 204 g/mol. The van der Waals surface area contributed by atoms with Gasteiger partial charge in [-0.25, -0.2) is 0 Å². The summed E-state index contributed by atoms with van der Waals surface area (Å²) in [5, 5.41) is 8.59. The molecule has 1 heterocycles. The van der Waals surface area contributed by atoms with Crippen LogP contribution < -0.4 is 5.56 Å². The number of hydrogen-bond acceptors (Lipinski definition) is 2. The van der Waals surface area contributed by atoms with Crippen molar-refractivity contribution in [3.63, 3.8) is 0 Å². The molecule has 1 aromatic heterocycles. The molecule has 0 aromatic carbocycles. The van der Waals surface area contributed by atoms with Crippen LogP contribution in [0, 0.1) is 11.3 Å². The second-order valence-electron chi connectivity index (χ2n) is 3.65. The number of aryl methyl sites for hydroxylation is 1. The molecule has 0 radical (unpaired) electrons. The Balaban J connectivity index is 2.53. The van der Waals surface area contributed by atoms with E-state index in [1.165, 1.54) is 19.3 Å². The van der Waals surface area contributed by atoms with Crippen LogP contribution in [0.4, 0.5) is 0 Å². The molecule has 0 atom stereocenters. The molecule has 1 N–H and O–H groups in total. The minimum atomic E-state index is -0.273. The minimum absolute atomic E-state index is 0.187. The number of hydrogen-bond donors (Lipinski definition) is 1. The number of aromatic nitrogens is 1. The lowest BCUT2D eigenvalue weighted by atomic mass is 10.1. The summed E-state index contributed by atoms with van der Waals surface area (Å²) in [6.07, 6.45) is 5.62. The highest BCUT2D eigenvalue weighted by Gasteiger charge is 1.99. The molecule has 1 aromatic rings. The number of nitriles is 1. The van der Waals surface area contributed by atoms with Crippen LogP contribution in [0.15, 0.2) is 16.9 Å². The van der Waals surface area contributed by atoms with Crippen molar-refractivity contribution in [2.24, 2.45) is 0 Å². The maximum absolute atomic E-state index is 11.3. The van der Waals surface area contributed by atoms with Gasteiger partial charge < -0.3 is 4.98 Å². The number of aromatic amines is 1. The van der Waals surface area contributed by atoms with Crippen LogP contribution in [0.2, 0.25) is 0 Å². The highest BCUT2D eigenvalue weighted by molar-refractivity contribution is 5.26. The molecule has 0 bridgehead atoms. The van der Waals surface area contributed by atoms with Crippen LogP contribution in [-0.2, 0) is 6.42 Å². The lowest BCUT2D eigenvalue weighted by Gasteiger charge is -2.00. The van der Waals surface area contributed by atoms with Gasteiger partial charge in [0.2, 0.25) is 0 Å². The van der Waals surface area contributed by atoms with E-state index in [-0.39, 0.29) is 11.1 Å².